The smallest absolute Gasteiger partial charge is 0.240 e. The third kappa shape index (κ3) is 1.71. The van der Waals surface area contributed by atoms with Crippen LogP contribution in [-0.4, -0.2) is 11.1 Å². The van der Waals surface area contributed by atoms with Gasteiger partial charge >= 0.3 is 0 Å². The minimum Gasteiger partial charge on any atom is -0.258 e. The van der Waals surface area contributed by atoms with Gasteiger partial charge in [-0.25, -0.2) is 4.79 Å². The Morgan fingerprint density at radius 3 is 2.60 bits per heavy atom. The molecule has 0 aliphatic heterocycles. The molecule has 3 heteroatoms. The maximum absolute atomic E-state index is 10.3. The van der Waals surface area contributed by atoms with Crippen molar-refractivity contribution in [2.75, 3.05) is 0 Å². The van der Waals surface area contributed by atoms with Crippen molar-refractivity contribution in [1.29, 1.82) is 0 Å². The van der Waals surface area contributed by atoms with Gasteiger partial charge in [0.25, 0.3) is 0 Å². The predicted molar refractivity (Wildman–Crippen MR) is 56.0 cm³/mol. The molecule has 2 fully saturated rings. The number of hydrogen-bond donors (Lipinski definition) is 0. The van der Waals surface area contributed by atoms with E-state index < -0.39 is 0 Å². The molecule has 3 rings (SSSR count). The number of nitrogens with zero attached hydrogens (tertiary/aromatic N) is 2. The van der Waals surface area contributed by atoms with Crippen molar-refractivity contribution < 1.29 is 4.79 Å². The molecule has 0 atom stereocenters. The van der Waals surface area contributed by atoms with Crippen LogP contribution in [0.4, 0.5) is 5.69 Å². The highest BCUT2D eigenvalue weighted by atomic mass is 16.1. The number of rotatable bonds is 3. The Hall–Kier alpha value is -1.47. The highest BCUT2D eigenvalue weighted by molar-refractivity contribution is 5.55. The average Bonchev–Trinajstić information content (AvgIpc) is 3.11. The van der Waals surface area contributed by atoms with Crippen LogP contribution in [0.5, 0.6) is 0 Å². The molecule has 3 nitrogen and oxygen atoms in total. The predicted octanol–water partition coefficient (Wildman–Crippen LogP) is 2.80. The van der Waals surface area contributed by atoms with Gasteiger partial charge in [0.15, 0.2) is 0 Å². The van der Waals surface area contributed by atoms with E-state index in [2.05, 4.69) is 9.98 Å². The molecule has 2 saturated carbocycles. The van der Waals surface area contributed by atoms with Crippen LogP contribution in [0.25, 0.3) is 0 Å². The van der Waals surface area contributed by atoms with Gasteiger partial charge in [0.2, 0.25) is 6.08 Å². The molecule has 0 aromatic carbocycles. The lowest BCUT2D eigenvalue weighted by Crippen LogP contribution is -1.90. The highest BCUT2D eigenvalue weighted by Gasteiger charge is 2.30. The van der Waals surface area contributed by atoms with Crippen molar-refractivity contribution in [3.05, 3.63) is 23.5 Å². The van der Waals surface area contributed by atoms with Crippen molar-refractivity contribution >= 4 is 11.8 Å². The second-order valence-electron chi connectivity index (χ2n) is 4.42. The first-order valence-electron chi connectivity index (χ1n) is 5.46. The van der Waals surface area contributed by atoms with Gasteiger partial charge in [0.05, 0.1) is 11.4 Å². The van der Waals surface area contributed by atoms with Crippen LogP contribution in [0.1, 0.15) is 48.8 Å². The number of carbonyl (C=O) groups excluding carboxylic acids is 1. The van der Waals surface area contributed by atoms with E-state index in [4.69, 9.17) is 0 Å². The van der Waals surface area contributed by atoms with Gasteiger partial charge in [-0.1, -0.05) is 0 Å². The summed E-state index contributed by atoms with van der Waals surface area (Å²) in [6, 6.07) is 2.02. The van der Waals surface area contributed by atoms with Crippen LogP contribution in [0.3, 0.4) is 0 Å². The molecular formula is C12H12N2O. The fourth-order valence-corrected chi connectivity index (χ4v) is 1.93. The topological polar surface area (TPSA) is 42.3 Å². The van der Waals surface area contributed by atoms with Gasteiger partial charge in [-0.15, -0.1) is 0 Å². The van der Waals surface area contributed by atoms with Crippen LogP contribution in [0.2, 0.25) is 0 Å². The van der Waals surface area contributed by atoms with Crippen LogP contribution in [-0.2, 0) is 4.79 Å². The molecule has 0 saturated heterocycles. The van der Waals surface area contributed by atoms with Crippen LogP contribution >= 0.6 is 0 Å². The summed E-state index contributed by atoms with van der Waals surface area (Å²) >= 11 is 0. The van der Waals surface area contributed by atoms with Gasteiger partial charge in [-0.05, 0) is 43.2 Å². The van der Waals surface area contributed by atoms with E-state index in [-0.39, 0.29) is 0 Å². The van der Waals surface area contributed by atoms with Crippen LogP contribution in [0, 0.1) is 0 Å². The molecule has 1 aromatic rings. The molecule has 2 aliphatic rings. The van der Waals surface area contributed by atoms with Crippen LogP contribution in [0.15, 0.2) is 17.3 Å². The Balaban J connectivity index is 2.02. The highest BCUT2D eigenvalue weighted by Crippen LogP contribution is 2.46. The van der Waals surface area contributed by atoms with E-state index in [1.807, 2.05) is 12.3 Å². The summed E-state index contributed by atoms with van der Waals surface area (Å²) in [5, 5.41) is 0. The third-order valence-electron chi connectivity index (χ3n) is 3.10. The lowest BCUT2D eigenvalue weighted by Gasteiger charge is -2.04. The maximum atomic E-state index is 10.3. The second-order valence-corrected chi connectivity index (χ2v) is 4.42. The standard InChI is InChI=1S/C12H12N2O/c15-7-14-11-5-10(8-1-2-8)6-13-12(11)9-3-4-9/h5-6,8-9H,1-4H2. The van der Waals surface area contributed by atoms with E-state index in [9.17, 15) is 4.79 Å². The molecule has 1 aromatic heterocycles. The molecule has 15 heavy (non-hydrogen) atoms. The summed E-state index contributed by atoms with van der Waals surface area (Å²) < 4.78 is 0. The normalized spacial score (nSPS) is 19.7. The van der Waals surface area contributed by atoms with Crippen molar-refractivity contribution in [3.8, 4) is 0 Å². The molecule has 0 N–H and O–H groups in total. The summed E-state index contributed by atoms with van der Waals surface area (Å²) in [4.78, 5) is 18.6. The molecule has 1 heterocycles. The number of pyridine rings is 1. The summed E-state index contributed by atoms with van der Waals surface area (Å²) in [6.45, 7) is 0. The summed E-state index contributed by atoms with van der Waals surface area (Å²) in [5.74, 6) is 1.19. The molecular weight excluding hydrogens is 188 g/mol. The summed E-state index contributed by atoms with van der Waals surface area (Å²) in [6.07, 6.45) is 8.43. The average molecular weight is 200 g/mol. The van der Waals surface area contributed by atoms with Gasteiger partial charge in [0.1, 0.15) is 0 Å². The van der Waals surface area contributed by atoms with Gasteiger partial charge in [0, 0.05) is 12.1 Å². The quantitative estimate of drug-likeness (QED) is 0.556. The van der Waals surface area contributed by atoms with Gasteiger partial charge in [-0.2, -0.15) is 4.99 Å². The molecule has 2 aliphatic carbocycles. The Kier molecular flexibility index (Phi) is 1.93. The Morgan fingerprint density at radius 2 is 2.00 bits per heavy atom. The summed E-state index contributed by atoms with van der Waals surface area (Å²) in [7, 11) is 0. The first kappa shape index (κ1) is 8.81. The third-order valence-corrected chi connectivity index (χ3v) is 3.10. The number of aliphatic imine (C=N–C) groups is 1. The van der Waals surface area contributed by atoms with Crippen molar-refractivity contribution in [1.82, 2.24) is 4.98 Å². The molecule has 76 valence electrons. The monoisotopic (exact) mass is 200 g/mol. The zero-order valence-corrected chi connectivity index (χ0v) is 8.44. The lowest BCUT2D eigenvalue weighted by atomic mass is 10.1. The van der Waals surface area contributed by atoms with Crippen LogP contribution < -0.4 is 0 Å². The lowest BCUT2D eigenvalue weighted by molar-refractivity contribution is 0.565. The van der Waals surface area contributed by atoms with Crippen molar-refractivity contribution in [3.63, 3.8) is 0 Å². The minimum atomic E-state index is 0.533. The fourth-order valence-electron chi connectivity index (χ4n) is 1.93. The zero-order chi connectivity index (χ0) is 10.3. The molecule has 0 spiro atoms. The molecule has 0 unspecified atom stereocenters. The van der Waals surface area contributed by atoms with E-state index in [1.165, 1.54) is 31.2 Å². The van der Waals surface area contributed by atoms with Crippen molar-refractivity contribution in [2.24, 2.45) is 4.99 Å². The van der Waals surface area contributed by atoms with Crippen molar-refractivity contribution in [2.45, 2.75) is 37.5 Å². The Labute approximate surface area is 88.3 Å². The fraction of sp³-hybridized carbons (Fsp3) is 0.500. The van der Waals surface area contributed by atoms with Gasteiger partial charge in [-0.3, -0.25) is 4.98 Å². The number of aromatic nitrogens is 1. The first-order valence-corrected chi connectivity index (χ1v) is 5.46. The molecule has 0 bridgehead atoms. The van der Waals surface area contributed by atoms with E-state index in [0.29, 0.717) is 11.8 Å². The SMILES string of the molecule is O=C=Nc1cc(C2CC2)cnc1C1CC1. The van der Waals surface area contributed by atoms with E-state index >= 15 is 0 Å². The van der Waals surface area contributed by atoms with E-state index in [0.717, 1.165) is 11.4 Å². The molecule has 0 radical (unpaired) electrons. The molecule has 0 amide bonds. The second kappa shape index (κ2) is 3.28. The Morgan fingerprint density at radius 1 is 1.27 bits per heavy atom. The Bertz CT molecular complexity index is 441. The summed E-state index contributed by atoms with van der Waals surface area (Å²) in [5.41, 5.74) is 2.97. The zero-order valence-electron chi connectivity index (χ0n) is 8.44. The maximum Gasteiger partial charge on any atom is 0.240 e. The number of hydrogen-bond acceptors (Lipinski definition) is 3. The first-order chi connectivity index (χ1) is 7.38. The minimum absolute atomic E-state index is 0.533. The van der Waals surface area contributed by atoms with E-state index in [1.54, 1.807) is 6.08 Å². The number of isocyanates is 1. The van der Waals surface area contributed by atoms with Gasteiger partial charge < -0.3 is 0 Å². The largest absolute Gasteiger partial charge is 0.258 e.